The first-order chi connectivity index (χ1) is 8.97. The molecule has 7 heteroatoms. The first kappa shape index (κ1) is 15.2. The van der Waals surface area contributed by atoms with Crippen molar-refractivity contribution in [3.63, 3.8) is 0 Å². The summed E-state index contributed by atoms with van der Waals surface area (Å²) in [6, 6.07) is 3.22. The van der Waals surface area contributed by atoms with Gasteiger partial charge in [-0.25, -0.2) is 0 Å². The Bertz CT molecular complexity index is 414. The number of rotatable bonds is 6. The summed E-state index contributed by atoms with van der Waals surface area (Å²) >= 11 is 0. The van der Waals surface area contributed by atoms with E-state index in [1.54, 1.807) is 12.1 Å². The molecule has 0 radical (unpaired) electrons. The van der Waals surface area contributed by atoms with Crippen LogP contribution in [-0.4, -0.2) is 43.7 Å². The van der Waals surface area contributed by atoms with E-state index in [1.165, 1.54) is 20.3 Å². The number of nitrogens with one attached hydrogen (secondary N) is 2. The maximum atomic E-state index is 11.4. The number of carbonyl (C=O) groups is 2. The molecule has 0 bridgehead atoms. The molecule has 0 spiro atoms. The summed E-state index contributed by atoms with van der Waals surface area (Å²) < 4.78 is 9.79. The first-order valence-electron chi connectivity index (χ1n) is 5.78. The third-order valence-electron chi connectivity index (χ3n) is 2.44. The SMILES string of the molecule is COCCNC(=O)C(=O)NCC(C)(O)c1ccco1. The predicted octanol–water partition coefficient (Wildman–Crippen LogP) is -0.634. The van der Waals surface area contributed by atoms with E-state index < -0.39 is 17.4 Å². The van der Waals surface area contributed by atoms with Crippen LogP contribution in [0, 0.1) is 0 Å². The number of carbonyl (C=O) groups excluding carboxylic acids is 2. The Morgan fingerprint density at radius 3 is 2.68 bits per heavy atom. The van der Waals surface area contributed by atoms with Gasteiger partial charge in [-0.05, 0) is 19.1 Å². The van der Waals surface area contributed by atoms with Crippen LogP contribution in [-0.2, 0) is 19.9 Å². The lowest BCUT2D eigenvalue weighted by Gasteiger charge is -2.20. The van der Waals surface area contributed by atoms with Gasteiger partial charge in [0.1, 0.15) is 11.4 Å². The van der Waals surface area contributed by atoms with E-state index in [-0.39, 0.29) is 13.1 Å². The van der Waals surface area contributed by atoms with Gasteiger partial charge in [0.2, 0.25) is 0 Å². The molecule has 0 aliphatic carbocycles. The maximum Gasteiger partial charge on any atom is 0.309 e. The first-order valence-corrected chi connectivity index (χ1v) is 5.78. The molecule has 0 saturated heterocycles. The molecule has 1 atom stereocenters. The minimum Gasteiger partial charge on any atom is -0.466 e. The van der Waals surface area contributed by atoms with Crippen molar-refractivity contribution in [1.82, 2.24) is 10.6 Å². The number of ether oxygens (including phenoxy) is 1. The van der Waals surface area contributed by atoms with Crippen molar-refractivity contribution in [3.05, 3.63) is 24.2 Å². The fraction of sp³-hybridized carbons (Fsp3) is 0.500. The van der Waals surface area contributed by atoms with Crippen molar-refractivity contribution < 1.29 is 23.8 Å². The molecule has 0 fully saturated rings. The zero-order chi connectivity index (χ0) is 14.3. The van der Waals surface area contributed by atoms with Gasteiger partial charge in [0, 0.05) is 13.7 Å². The van der Waals surface area contributed by atoms with Gasteiger partial charge in [-0.2, -0.15) is 0 Å². The highest BCUT2D eigenvalue weighted by atomic mass is 16.5. The fourth-order valence-corrected chi connectivity index (χ4v) is 1.35. The Balaban J connectivity index is 2.39. The monoisotopic (exact) mass is 270 g/mol. The average Bonchev–Trinajstić information content (AvgIpc) is 2.90. The summed E-state index contributed by atoms with van der Waals surface area (Å²) in [4.78, 5) is 22.8. The largest absolute Gasteiger partial charge is 0.466 e. The predicted molar refractivity (Wildman–Crippen MR) is 66.2 cm³/mol. The summed E-state index contributed by atoms with van der Waals surface area (Å²) in [6.45, 7) is 1.92. The quantitative estimate of drug-likeness (QED) is 0.472. The second kappa shape index (κ2) is 6.91. The molecule has 0 aliphatic rings. The van der Waals surface area contributed by atoms with Gasteiger partial charge in [-0.3, -0.25) is 9.59 Å². The van der Waals surface area contributed by atoms with E-state index in [0.717, 1.165) is 0 Å². The summed E-state index contributed by atoms with van der Waals surface area (Å²) in [5, 5.41) is 14.8. The van der Waals surface area contributed by atoms with Crippen LogP contribution >= 0.6 is 0 Å². The highest BCUT2D eigenvalue weighted by molar-refractivity contribution is 6.35. The molecule has 0 aliphatic heterocycles. The lowest BCUT2D eigenvalue weighted by molar-refractivity contribution is -0.140. The van der Waals surface area contributed by atoms with Crippen molar-refractivity contribution in [1.29, 1.82) is 0 Å². The van der Waals surface area contributed by atoms with Crippen LogP contribution in [0.4, 0.5) is 0 Å². The second-order valence-electron chi connectivity index (χ2n) is 4.18. The highest BCUT2D eigenvalue weighted by Crippen LogP contribution is 2.19. The van der Waals surface area contributed by atoms with E-state index in [4.69, 9.17) is 9.15 Å². The molecule has 19 heavy (non-hydrogen) atoms. The minimum atomic E-state index is -1.37. The van der Waals surface area contributed by atoms with Gasteiger partial charge in [0.15, 0.2) is 0 Å². The van der Waals surface area contributed by atoms with Gasteiger partial charge < -0.3 is 24.9 Å². The third-order valence-corrected chi connectivity index (χ3v) is 2.44. The summed E-state index contributed by atoms with van der Waals surface area (Å²) in [5.74, 6) is -1.28. The number of amides is 2. The molecule has 1 aromatic heterocycles. The van der Waals surface area contributed by atoms with E-state index in [9.17, 15) is 14.7 Å². The number of hydrogen-bond donors (Lipinski definition) is 3. The molecular weight excluding hydrogens is 252 g/mol. The summed E-state index contributed by atoms with van der Waals surface area (Å²) in [7, 11) is 1.49. The molecule has 1 heterocycles. The van der Waals surface area contributed by atoms with Gasteiger partial charge in [0.25, 0.3) is 0 Å². The summed E-state index contributed by atoms with van der Waals surface area (Å²) in [6.07, 6.45) is 1.42. The van der Waals surface area contributed by atoms with Crippen molar-refractivity contribution in [2.75, 3.05) is 26.8 Å². The van der Waals surface area contributed by atoms with Crippen molar-refractivity contribution in [2.45, 2.75) is 12.5 Å². The molecule has 3 N–H and O–H groups in total. The molecule has 106 valence electrons. The fourth-order valence-electron chi connectivity index (χ4n) is 1.35. The standard InChI is InChI=1S/C12H18N2O5/c1-12(17,9-4-3-6-19-9)8-14-11(16)10(15)13-5-7-18-2/h3-4,6,17H,5,7-8H2,1-2H3,(H,13,15)(H,14,16). The van der Waals surface area contributed by atoms with Gasteiger partial charge in [-0.15, -0.1) is 0 Å². The minimum absolute atomic E-state index is 0.128. The molecule has 0 aromatic carbocycles. The van der Waals surface area contributed by atoms with Crippen LogP contribution in [0.15, 0.2) is 22.8 Å². The molecule has 1 aromatic rings. The number of aliphatic hydroxyl groups is 1. The number of hydrogen-bond acceptors (Lipinski definition) is 5. The molecule has 0 saturated carbocycles. The molecule has 2 amide bonds. The summed E-state index contributed by atoms with van der Waals surface area (Å²) in [5.41, 5.74) is -1.37. The van der Waals surface area contributed by atoms with Crippen LogP contribution in [0.3, 0.4) is 0 Å². The Labute approximate surface area is 110 Å². The van der Waals surface area contributed by atoms with Gasteiger partial charge in [-0.1, -0.05) is 0 Å². The lowest BCUT2D eigenvalue weighted by Crippen LogP contribution is -2.45. The molecular formula is C12H18N2O5. The van der Waals surface area contributed by atoms with Crippen molar-refractivity contribution >= 4 is 11.8 Å². The maximum absolute atomic E-state index is 11.4. The van der Waals surface area contributed by atoms with E-state index in [0.29, 0.717) is 12.4 Å². The highest BCUT2D eigenvalue weighted by Gasteiger charge is 2.27. The number of furan rings is 1. The van der Waals surface area contributed by atoms with Crippen molar-refractivity contribution in [2.24, 2.45) is 0 Å². The van der Waals surface area contributed by atoms with E-state index >= 15 is 0 Å². The van der Waals surface area contributed by atoms with Crippen LogP contribution in [0.2, 0.25) is 0 Å². The Hall–Kier alpha value is -1.86. The zero-order valence-electron chi connectivity index (χ0n) is 10.9. The Kier molecular flexibility index (Phi) is 5.53. The number of methoxy groups -OCH3 is 1. The smallest absolute Gasteiger partial charge is 0.309 e. The van der Waals surface area contributed by atoms with Crippen LogP contribution in [0.25, 0.3) is 0 Å². The Morgan fingerprint density at radius 2 is 2.11 bits per heavy atom. The van der Waals surface area contributed by atoms with Crippen molar-refractivity contribution in [3.8, 4) is 0 Å². The van der Waals surface area contributed by atoms with Gasteiger partial charge >= 0.3 is 11.8 Å². The second-order valence-corrected chi connectivity index (χ2v) is 4.18. The van der Waals surface area contributed by atoms with Crippen LogP contribution < -0.4 is 10.6 Å². The van der Waals surface area contributed by atoms with Gasteiger partial charge in [0.05, 0.1) is 19.4 Å². The average molecular weight is 270 g/mol. The zero-order valence-corrected chi connectivity index (χ0v) is 10.9. The molecule has 7 nitrogen and oxygen atoms in total. The third kappa shape index (κ3) is 4.72. The van der Waals surface area contributed by atoms with E-state index in [2.05, 4.69) is 10.6 Å². The lowest BCUT2D eigenvalue weighted by atomic mass is 10.0. The van der Waals surface area contributed by atoms with Crippen LogP contribution in [0.1, 0.15) is 12.7 Å². The van der Waals surface area contributed by atoms with E-state index in [1.807, 2.05) is 0 Å². The molecule has 1 unspecified atom stereocenters. The normalized spacial score (nSPS) is 13.6. The Morgan fingerprint density at radius 1 is 1.42 bits per heavy atom. The molecule has 1 rings (SSSR count). The van der Waals surface area contributed by atoms with Crippen LogP contribution in [0.5, 0.6) is 0 Å². The topological polar surface area (TPSA) is 101 Å².